The van der Waals surface area contributed by atoms with Crippen LogP contribution in [-0.4, -0.2) is 15.1 Å². The van der Waals surface area contributed by atoms with Crippen molar-refractivity contribution in [1.29, 1.82) is 0 Å². The third kappa shape index (κ3) is 2.76. The largest absolute Gasteiger partial charge is 0.384 e. The summed E-state index contributed by atoms with van der Waals surface area (Å²) in [7, 11) is 0. The van der Waals surface area contributed by atoms with E-state index in [-0.39, 0.29) is 0 Å². The van der Waals surface area contributed by atoms with E-state index in [4.69, 9.17) is 10.3 Å². The summed E-state index contributed by atoms with van der Waals surface area (Å²) in [5.41, 5.74) is 8.63. The Kier molecular flexibility index (Phi) is 3.39. The molecular formula is C16H16N4O. The van der Waals surface area contributed by atoms with Gasteiger partial charge in [0.05, 0.1) is 0 Å². The van der Waals surface area contributed by atoms with Crippen LogP contribution in [0.3, 0.4) is 0 Å². The second kappa shape index (κ2) is 5.36. The molecule has 21 heavy (non-hydrogen) atoms. The maximum atomic E-state index is 5.66. The molecule has 5 nitrogen and oxygen atoms in total. The number of nitrogen functional groups attached to an aromatic ring is 1. The summed E-state index contributed by atoms with van der Waals surface area (Å²) in [6.07, 6.45) is 1.62. The predicted molar refractivity (Wildman–Crippen MR) is 81.5 cm³/mol. The molecule has 0 saturated heterocycles. The Morgan fingerprint density at radius 3 is 2.48 bits per heavy atom. The van der Waals surface area contributed by atoms with Crippen LogP contribution in [0.4, 0.5) is 5.82 Å². The Morgan fingerprint density at radius 2 is 1.81 bits per heavy atom. The molecule has 0 spiro atoms. The number of hydrogen-bond donors (Lipinski definition) is 1. The van der Waals surface area contributed by atoms with Crippen LogP contribution >= 0.6 is 0 Å². The van der Waals surface area contributed by atoms with Gasteiger partial charge < -0.3 is 10.3 Å². The molecule has 0 amide bonds. The molecule has 2 N–H and O–H groups in total. The van der Waals surface area contributed by atoms with Gasteiger partial charge in [0, 0.05) is 17.3 Å². The minimum absolute atomic E-state index is 0.425. The highest BCUT2D eigenvalue weighted by Gasteiger charge is 2.11. The third-order valence-electron chi connectivity index (χ3n) is 3.29. The first-order valence-corrected chi connectivity index (χ1v) is 6.79. The maximum absolute atomic E-state index is 5.66. The van der Waals surface area contributed by atoms with E-state index < -0.39 is 0 Å². The molecule has 0 atom stereocenters. The van der Waals surface area contributed by atoms with Crippen molar-refractivity contribution in [3.05, 3.63) is 48.2 Å². The molecule has 0 bridgehead atoms. The molecule has 0 aliphatic rings. The van der Waals surface area contributed by atoms with Crippen molar-refractivity contribution in [2.24, 2.45) is 0 Å². The number of benzene rings is 1. The van der Waals surface area contributed by atoms with E-state index in [9.17, 15) is 0 Å². The average Bonchev–Trinajstić information content (AvgIpc) is 2.97. The molecule has 3 aromatic rings. The van der Waals surface area contributed by atoms with Crippen LogP contribution in [0.2, 0.25) is 0 Å². The molecule has 5 heteroatoms. The Morgan fingerprint density at radius 1 is 1.05 bits per heavy atom. The predicted octanol–water partition coefficient (Wildman–Crippen LogP) is 3.50. The summed E-state index contributed by atoms with van der Waals surface area (Å²) in [6, 6.07) is 11.7. The van der Waals surface area contributed by atoms with Gasteiger partial charge in [0.1, 0.15) is 5.82 Å². The first-order valence-electron chi connectivity index (χ1n) is 6.79. The molecule has 0 aliphatic carbocycles. The highest BCUT2D eigenvalue weighted by Crippen LogP contribution is 2.24. The van der Waals surface area contributed by atoms with Crippen molar-refractivity contribution < 1.29 is 4.52 Å². The van der Waals surface area contributed by atoms with Crippen LogP contribution in [0.25, 0.3) is 22.8 Å². The van der Waals surface area contributed by atoms with Gasteiger partial charge in [-0.1, -0.05) is 43.3 Å². The summed E-state index contributed by atoms with van der Waals surface area (Å²) in [6.45, 7) is 4.32. The van der Waals surface area contributed by atoms with Crippen LogP contribution in [-0.2, 0) is 0 Å². The van der Waals surface area contributed by atoms with Crippen LogP contribution in [0.15, 0.2) is 47.1 Å². The van der Waals surface area contributed by atoms with Crippen LogP contribution in [0, 0.1) is 0 Å². The third-order valence-corrected chi connectivity index (χ3v) is 3.29. The van der Waals surface area contributed by atoms with Crippen molar-refractivity contribution in [2.45, 2.75) is 19.8 Å². The molecular weight excluding hydrogens is 264 g/mol. The number of nitrogens with two attached hydrogens (primary N) is 1. The molecule has 0 saturated carbocycles. The van der Waals surface area contributed by atoms with E-state index in [1.807, 2.05) is 12.1 Å². The van der Waals surface area contributed by atoms with Gasteiger partial charge in [-0.25, -0.2) is 4.98 Å². The SMILES string of the molecule is CC(C)c1ccc(-c2noc(-c3ccnc(N)c3)n2)cc1. The van der Waals surface area contributed by atoms with Gasteiger partial charge in [-0.3, -0.25) is 0 Å². The highest BCUT2D eigenvalue weighted by molar-refractivity contribution is 5.61. The monoisotopic (exact) mass is 280 g/mol. The smallest absolute Gasteiger partial charge is 0.258 e. The minimum atomic E-state index is 0.425. The lowest BCUT2D eigenvalue weighted by Gasteiger charge is -2.04. The molecule has 0 radical (unpaired) electrons. The number of nitrogens with zero attached hydrogens (tertiary/aromatic N) is 3. The second-order valence-corrected chi connectivity index (χ2v) is 5.17. The Bertz CT molecular complexity index is 747. The highest BCUT2D eigenvalue weighted by atomic mass is 16.5. The summed E-state index contributed by atoms with van der Waals surface area (Å²) < 4.78 is 5.29. The average molecular weight is 280 g/mol. The van der Waals surface area contributed by atoms with Gasteiger partial charge in [0.25, 0.3) is 5.89 Å². The van der Waals surface area contributed by atoms with E-state index >= 15 is 0 Å². The van der Waals surface area contributed by atoms with Crippen molar-refractivity contribution in [3.63, 3.8) is 0 Å². The lowest BCUT2D eigenvalue weighted by atomic mass is 10.0. The van der Waals surface area contributed by atoms with E-state index in [0.717, 1.165) is 11.1 Å². The van der Waals surface area contributed by atoms with Gasteiger partial charge >= 0.3 is 0 Å². The number of anilines is 1. The number of hydrogen-bond acceptors (Lipinski definition) is 5. The van der Waals surface area contributed by atoms with E-state index in [1.165, 1.54) is 5.56 Å². The minimum Gasteiger partial charge on any atom is -0.384 e. The van der Waals surface area contributed by atoms with E-state index in [0.29, 0.717) is 23.5 Å². The molecule has 3 rings (SSSR count). The fourth-order valence-corrected chi connectivity index (χ4v) is 2.06. The fraction of sp³-hybridized carbons (Fsp3) is 0.188. The molecule has 106 valence electrons. The summed E-state index contributed by atoms with van der Waals surface area (Å²) >= 11 is 0. The first-order chi connectivity index (χ1) is 10.1. The Labute approximate surface area is 122 Å². The van der Waals surface area contributed by atoms with Crippen LogP contribution < -0.4 is 5.73 Å². The normalized spacial score (nSPS) is 11.0. The lowest BCUT2D eigenvalue weighted by Crippen LogP contribution is -1.89. The second-order valence-electron chi connectivity index (χ2n) is 5.17. The van der Waals surface area contributed by atoms with E-state index in [1.54, 1.807) is 18.3 Å². The first kappa shape index (κ1) is 13.3. The zero-order chi connectivity index (χ0) is 14.8. The zero-order valence-corrected chi connectivity index (χ0v) is 11.9. The summed E-state index contributed by atoms with van der Waals surface area (Å²) in [5, 5.41) is 4.02. The van der Waals surface area contributed by atoms with Crippen molar-refractivity contribution in [1.82, 2.24) is 15.1 Å². The lowest BCUT2D eigenvalue weighted by molar-refractivity contribution is 0.432. The Hall–Kier alpha value is -2.69. The Balaban J connectivity index is 1.91. The standard InChI is InChI=1S/C16H16N4O/c1-10(2)11-3-5-12(6-4-11)15-19-16(21-20-15)13-7-8-18-14(17)9-13/h3-10H,1-2H3,(H2,17,18). The van der Waals surface area contributed by atoms with Gasteiger partial charge in [0.15, 0.2) is 0 Å². The van der Waals surface area contributed by atoms with Gasteiger partial charge in [-0.05, 0) is 23.6 Å². The van der Waals surface area contributed by atoms with Crippen molar-refractivity contribution >= 4 is 5.82 Å². The van der Waals surface area contributed by atoms with Crippen LogP contribution in [0.1, 0.15) is 25.3 Å². The molecule has 0 unspecified atom stereocenters. The fourth-order valence-electron chi connectivity index (χ4n) is 2.06. The molecule has 2 aromatic heterocycles. The zero-order valence-electron chi connectivity index (χ0n) is 11.9. The molecule has 0 fully saturated rings. The van der Waals surface area contributed by atoms with Crippen LogP contribution in [0.5, 0.6) is 0 Å². The van der Waals surface area contributed by atoms with Gasteiger partial charge in [-0.2, -0.15) is 4.98 Å². The number of rotatable bonds is 3. The van der Waals surface area contributed by atoms with E-state index in [2.05, 4.69) is 41.1 Å². The maximum Gasteiger partial charge on any atom is 0.258 e. The summed E-state index contributed by atoms with van der Waals surface area (Å²) in [5.74, 6) is 1.93. The van der Waals surface area contributed by atoms with Gasteiger partial charge in [0.2, 0.25) is 5.82 Å². The molecule has 2 heterocycles. The summed E-state index contributed by atoms with van der Waals surface area (Å²) in [4.78, 5) is 8.35. The quantitative estimate of drug-likeness (QED) is 0.794. The van der Waals surface area contributed by atoms with Crippen molar-refractivity contribution in [3.8, 4) is 22.8 Å². The number of aromatic nitrogens is 3. The van der Waals surface area contributed by atoms with Crippen molar-refractivity contribution in [2.75, 3.05) is 5.73 Å². The molecule has 1 aromatic carbocycles. The van der Waals surface area contributed by atoms with Gasteiger partial charge in [-0.15, -0.1) is 0 Å². The molecule has 0 aliphatic heterocycles. The topological polar surface area (TPSA) is 77.8 Å². The number of pyridine rings is 1.